The number of carbonyl (C=O) groups is 1. The number of likely N-dealkylation sites (tertiary alicyclic amines) is 1. The molecule has 0 saturated carbocycles. The van der Waals surface area contributed by atoms with Gasteiger partial charge in [0.2, 0.25) is 5.91 Å². The lowest BCUT2D eigenvalue weighted by Crippen LogP contribution is -2.47. The normalized spacial score (nSPS) is 17.3. The summed E-state index contributed by atoms with van der Waals surface area (Å²) < 4.78 is 0. The van der Waals surface area contributed by atoms with Gasteiger partial charge < -0.3 is 4.90 Å². The van der Waals surface area contributed by atoms with Crippen LogP contribution in [0.2, 0.25) is 0 Å². The molecule has 1 amide bonds. The Bertz CT molecular complexity index is 342. The van der Waals surface area contributed by atoms with Crippen LogP contribution in [0.5, 0.6) is 0 Å². The molecule has 1 aliphatic heterocycles. The Morgan fingerprint density at radius 3 is 2.10 bits per heavy atom. The number of nitriles is 1. The summed E-state index contributed by atoms with van der Waals surface area (Å²) >= 11 is 0. The molecule has 0 radical (unpaired) electrons. The van der Waals surface area contributed by atoms with Gasteiger partial charge in [-0.2, -0.15) is 5.26 Å². The first kappa shape index (κ1) is 17.0. The third-order valence-corrected chi connectivity index (χ3v) is 4.75. The molecule has 0 aliphatic carbocycles. The number of nitrogens with zero attached hydrogens (tertiary/aromatic N) is 2. The molecule has 0 aromatic carbocycles. The van der Waals surface area contributed by atoms with E-state index in [-0.39, 0.29) is 5.91 Å². The van der Waals surface area contributed by atoms with E-state index in [4.69, 9.17) is 0 Å². The standard InChI is InChI=1S/C17H30N2O/c1-5-9-17(13-18,10-6-2)16(20)19-11-7-15(8-12-19)14(3)4/h14-15H,5-12H2,1-4H3. The van der Waals surface area contributed by atoms with Gasteiger partial charge >= 0.3 is 0 Å². The van der Waals surface area contributed by atoms with Crippen LogP contribution in [0.3, 0.4) is 0 Å². The first-order valence-electron chi connectivity index (χ1n) is 8.21. The molecule has 0 atom stereocenters. The summed E-state index contributed by atoms with van der Waals surface area (Å²) in [7, 11) is 0. The molecule has 1 rings (SSSR count). The van der Waals surface area contributed by atoms with Gasteiger partial charge in [0.05, 0.1) is 6.07 Å². The van der Waals surface area contributed by atoms with Crippen LogP contribution < -0.4 is 0 Å². The zero-order chi connectivity index (χ0) is 15.2. The average molecular weight is 278 g/mol. The van der Waals surface area contributed by atoms with Crippen LogP contribution in [-0.4, -0.2) is 23.9 Å². The molecular formula is C17H30N2O. The maximum absolute atomic E-state index is 12.8. The minimum atomic E-state index is -0.770. The second-order valence-electron chi connectivity index (χ2n) is 6.57. The van der Waals surface area contributed by atoms with Crippen molar-refractivity contribution in [3.8, 4) is 6.07 Å². The van der Waals surface area contributed by atoms with Crippen molar-refractivity contribution in [1.29, 1.82) is 5.26 Å². The number of piperidine rings is 1. The Morgan fingerprint density at radius 2 is 1.75 bits per heavy atom. The molecule has 0 aromatic heterocycles. The van der Waals surface area contributed by atoms with Gasteiger partial charge in [-0.1, -0.05) is 40.5 Å². The molecule has 20 heavy (non-hydrogen) atoms. The van der Waals surface area contributed by atoms with E-state index in [1.54, 1.807) is 0 Å². The van der Waals surface area contributed by atoms with Gasteiger partial charge in [-0.15, -0.1) is 0 Å². The quantitative estimate of drug-likeness (QED) is 0.737. The Balaban J connectivity index is 2.74. The predicted molar refractivity (Wildman–Crippen MR) is 82.0 cm³/mol. The van der Waals surface area contributed by atoms with Gasteiger partial charge in [-0.05, 0) is 37.5 Å². The van der Waals surface area contributed by atoms with Gasteiger partial charge in [-0.3, -0.25) is 4.79 Å². The topological polar surface area (TPSA) is 44.1 Å². The maximum Gasteiger partial charge on any atom is 0.243 e. The second-order valence-corrected chi connectivity index (χ2v) is 6.57. The average Bonchev–Trinajstić information content (AvgIpc) is 2.46. The van der Waals surface area contributed by atoms with Gasteiger partial charge in [0, 0.05) is 13.1 Å². The second kappa shape index (κ2) is 7.67. The molecular weight excluding hydrogens is 248 g/mol. The van der Waals surface area contributed by atoms with Crippen LogP contribution in [0, 0.1) is 28.6 Å². The van der Waals surface area contributed by atoms with Gasteiger partial charge in [-0.25, -0.2) is 0 Å². The summed E-state index contributed by atoms with van der Waals surface area (Å²) in [5.74, 6) is 1.51. The summed E-state index contributed by atoms with van der Waals surface area (Å²) in [5, 5.41) is 9.58. The SMILES string of the molecule is CCCC(C#N)(CCC)C(=O)N1CCC(C(C)C)CC1. The highest BCUT2D eigenvalue weighted by molar-refractivity contribution is 5.85. The molecule has 3 heteroatoms. The van der Waals surface area contributed by atoms with Crippen LogP contribution in [0.1, 0.15) is 66.2 Å². The van der Waals surface area contributed by atoms with Gasteiger partial charge in [0.15, 0.2) is 0 Å². The van der Waals surface area contributed by atoms with Crippen LogP contribution in [0.15, 0.2) is 0 Å². The molecule has 0 unspecified atom stereocenters. The van der Waals surface area contributed by atoms with Crippen molar-refractivity contribution < 1.29 is 4.79 Å². The lowest BCUT2D eigenvalue weighted by molar-refractivity contribution is -0.141. The number of amides is 1. The van der Waals surface area contributed by atoms with E-state index in [9.17, 15) is 10.1 Å². The highest BCUT2D eigenvalue weighted by Crippen LogP contribution is 2.34. The number of carbonyl (C=O) groups excluding carboxylic acids is 1. The van der Waals surface area contributed by atoms with E-state index < -0.39 is 5.41 Å². The molecule has 1 aliphatic rings. The highest BCUT2D eigenvalue weighted by Gasteiger charge is 2.41. The number of rotatable bonds is 6. The monoisotopic (exact) mass is 278 g/mol. The summed E-state index contributed by atoms with van der Waals surface area (Å²) in [6.45, 7) is 10.3. The third kappa shape index (κ3) is 3.75. The van der Waals surface area contributed by atoms with E-state index in [1.807, 2.05) is 4.90 Å². The lowest BCUT2D eigenvalue weighted by atomic mass is 9.78. The Labute approximate surface area is 124 Å². The van der Waals surface area contributed by atoms with Crippen molar-refractivity contribution in [1.82, 2.24) is 4.90 Å². The van der Waals surface area contributed by atoms with Crippen molar-refractivity contribution in [2.45, 2.75) is 66.2 Å². The van der Waals surface area contributed by atoms with E-state index in [0.717, 1.165) is 44.7 Å². The lowest BCUT2D eigenvalue weighted by Gasteiger charge is -2.38. The minimum absolute atomic E-state index is 0.0888. The Kier molecular flexibility index (Phi) is 6.52. The molecule has 1 saturated heterocycles. The minimum Gasteiger partial charge on any atom is -0.341 e. The van der Waals surface area contributed by atoms with Crippen LogP contribution in [0.4, 0.5) is 0 Å². The van der Waals surface area contributed by atoms with E-state index in [0.29, 0.717) is 18.8 Å². The van der Waals surface area contributed by atoms with Crippen molar-refractivity contribution in [2.75, 3.05) is 13.1 Å². The van der Waals surface area contributed by atoms with Gasteiger partial charge in [0.1, 0.15) is 5.41 Å². The molecule has 1 heterocycles. The number of hydrogen-bond donors (Lipinski definition) is 0. The zero-order valence-corrected chi connectivity index (χ0v) is 13.6. The van der Waals surface area contributed by atoms with Crippen molar-refractivity contribution in [3.63, 3.8) is 0 Å². The third-order valence-electron chi connectivity index (χ3n) is 4.75. The summed E-state index contributed by atoms with van der Waals surface area (Å²) in [5.41, 5.74) is -0.770. The Hall–Kier alpha value is -1.04. The zero-order valence-electron chi connectivity index (χ0n) is 13.6. The van der Waals surface area contributed by atoms with Crippen molar-refractivity contribution in [3.05, 3.63) is 0 Å². The fraction of sp³-hybridized carbons (Fsp3) is 0.882. The van der Waals surface area contributed by atoms with Crippen molar-refractivity contribution >= 4 is 5.91 Å². The molecule has 0 bridgehead atoms. The molecule has 114 valence electrons. The number of hydrogen-bond acceptors (Lipinski definition) is 2. The van der Waals surface area contributed by atoms with Crippen LogP contribution >= 0.6 is 0 Å². The van der Waals surface area contributed by atoms with Crippen LogP contribution in [-0.2, 0) is 4.79 Å². The predicted octanol–water partition coefficient (Wildman–Crippen LogP) is 3.99. The molecule has 0 aromatic rings. The maximum atomic E-state index is 12.8. The first-order chi connectivity index (χ1) is 9.50. The smallest absolute Gasteiger partial charge is 0.243 e. The molecule has 3 nitrogen and oxygen atoms in total. The fourth-order valence-electron chi connectivity index (χ4n) is 3.42. The summed E-state index contributed by atoms with van der Waals surface area (Å²) in [6.07, 6.45) is 5.34. The molecule has 0 spiro atoms. The molecule has 1 fully saturated rings. The fourth-order valence-corrected chi connectivity index (χ4v) is 3.42. The van der Waals surface area contributed by atoms with Gasteiger partial charge in [0.25, 0.3) is 0 Å². The highest BCUT2D eigenvalue weighted by atomic mass is 16.2. The van der Waals surface area contributed by atoms with Crippen LogP contribution in [0.25, 0.3) is 0 Å². The summed E-state index contributed by atoms with van der Waals surface area (Å²) in [6, 6.07) is 2.36. The van der Waals surface area contributed by atoms with E-state index in [2.05, 4.69) is 33.8 Å². The van der Waals surface area contributed by atoms with E-state index in [1.165, 1.54) is 0 Å². The van der Waals surface area contributed by atoms with Crippen molar-refractivity contribution in [2.24, 2.45) is 17.3 Å². The Morgan fingerprint density at radius 1 is 1.25 bits per heavy atom. The summed E-state index contributed by atoms with van der Waals surface area (Å²) in [4.78, 5) is 14.8. The largest absolute Gasteiger partial charge is 0.341 e. The molecule has 0 N–H and O–H groups in total. The first-order valence-corrected chi connectivity index (χ1v) is 8.21. The van der Waals surface area contributed by atoms with E-state index >= 15 is 0 Å².